The van der Waals surface area contributed by atoms with Gasteiger partial charge in [-0.25, -0.2) is 8.78 Å². The van der Waals surface area contributed by atoms with Gasteiger partial charge in [-0.15, -0.1) is 0 Å². The maximum atomic E-state index is 14.0. The summed E-state index contributed by atoms with van der Waals surface area (Å²) in [5, 5.41) is 6.01. The summed E-state index contributed by atoms with van der Waals surface area (Å²) in [6.45, 7) is 7.73. The van der Waals surface area contributed by atoms with Crippen LogP contribution in [0.25, 0.3) is 0 Å². The van der Waals surface area contributed by atoms with Crippen molar-refractivity contribution in [3.8, 4) is 0 Å². The number of nitrogens with zero attached hydrogens (tertiary/aromatic N) is 1. The fraction of sp³-hybridized carbons (Fsp3) is 0.559. The summed E-state index contributed by atoms with van der Waals surface area (Å²) in [6.07, 6.45) is 7.96. The monoisotopic (exact) mass is 598 g/mol. The summed E-state index contributed by atoms with van der Waals surface area (Å²) in [5.41, 5.74) is 7.77. The van der Waals surface area contributed by atoms with Crippen LogP contribution in [-0.2, 0) is 11.2 Å². The van der Waals surface area contributed by atoms with Gasteiger partial charge in [-0.3, -0.25) is 14.4 Å². The Bertz CT molecular complexity index is 1210. The van der Waals surface area contributed by atoms with E-state index in [0.29, 0.717) is 42.2 Å². The number of halogens is 2. The van der Waals surface area contributed by atoms with E-state index in [1.807, 2.05) is 13.8 Å². The van der Waals surface area contributed by atoms with Crippen molar-refractivity contribution in [2.45, 2.75) is 90.6 Å². The second-order valence-electron chi connectivity index (χ2n) is 12.0. The number of carbonyl (C=O) groups is 3. The van der Waals surface area contributed by atoms with Crippen LogP contribution in [0, 0.1) is 23.5 Å². The Balaban J connectivity index is 1.74. The van der Waals surface area contributed by atoms with E-state index in [1.54, 1.807) is 36.1 Å². The summed E-state index contributed by atoms with van der Waals surface area (Å²) >= 11 is 0. The van der Waals surface area contributed by atoms with Crippen LogP contribution in [0.3, 0.4) is 0 Å². The van der Waals surface area contributed by atoms with Crippen molar-refractivity contribution in [3.63, 3.8) is 0 Å². The highest BCUT2D eigenvalue weighted by Gasteiger charge is 2.27. The molecule has 0 aliphatic heterocycles. The third-order valence-corrected chi connectivity index (χ3v) is 8.28. The summed E-state index contributed by atoms with van der Waals surface area (Å²) in [5.74, 6) is -2.52. The number of benzene rings is 2. The first-order valence-corrected chi connectivity index (χ1v) is 15.8. The number of amides is 3. The van der Waals surface area contributed by atoms with Crippen LogP contribution in [0.4, 0.5) is 8.78 Å². The molecule has 4 N–H and O–H groups in total. The molecule has 0 heterocycles. The van der Waals surface area contributed by atoms with Gasteiger partial charge in [-0.1, -0.05) is 52.2 Å². The first kappa shape index (κ1) is 34.2. The van der Waals surface area contributed by atoms with Gasteiger partial charge in [0.25, 0.3) is 11.8 Å². The Morgan fingerprint density at radius 1 is 0.953 bits per heavy atom. The summed E-state index contributed by atoms with van der Waals surface area (Å²) in [4.78, 5) is 41.3. The topological polar surface area (TPSA) is 105 Å². The Morgan fingerprint density at radius 2 is 1.63 bits per heavy atom. The predicted octanol–water partition coefficient (Wildman–Crippen LogP) is 5.62. The van der Waals surface area contributed by atoms with E-state index < -0.39 is 35.5 Å². The highest BCUT2D eigenvalue weighted by Crippen LogP contribution is 2.23. The number of nitrogens with two attached hydrogens (primary N) is 1. The van der Waals surface area contributed by atoms with Crippen molar-refractivity contribution in [1.82, 2.24) is 15.5 Å². The quantitative estimate of drug-likeness (QED) is 0.248. The predicted molar refractivity (Wildman–Crippen MR) is 166 cm³/mol. The van der Waals surface area contributed by atoms with Crippen molar-refractivity contribution in [2.24, 2.45) is 17.6 Å². The number of hydrogen-bond acceptors (Lipinski definition) is 4. The van der Waals surface area contributed by atoms with Gasteiger partial charge in [0.1, 0.15) is 0 Å². The molecular formula is C34H48F2N4O3. The van der Waals surface area contributed by atoms with Crippen LogP contribution in [-0.4, -0.2) is 54.3 Å². The lowest BCUT2D eigenvalue weighted by Gasteiger charge is -2.28. The molecule has 0 bridgehead atoms. The molecule has 3 atom stereocenters. The molecule has 0 spiro atoms. The molecule has 0 saturated heterocycles. The van der Waals surface area contributed by atoms with Crippen LogP contribution >= 0.6 is 0 Å². The van der Waals surface area contributed by atoms with E-state index in [4.69, 9.17) is 5.73 Å². The molecule has 9 heteroatoms. The largest absolute Gasteiger partial charge is 0.356 e. The Labute approximate surface area is 255 Å². The van der Waals surface area contributed by atoms with Gasteiger partial charge in [0.2, 0.25) is 5.91 Å². The van der Waals surface area contributed by atoms with Crippen molar-refractivity contribution in [3.05, 3.63) is 70.8 Å². The summed E-state index contributed by atoms with van der Waals surface area (Å²) in [6, 6.07) is 8.82. The Morgan fingerprint density at radius 3 is 2.28 bits per heavy atom. The van der Waals surface area contributed by atoms with E-state index in [2.05, 4.69) is 10.6 Å². The normalized spacial score (nSPS) is 15.8. The zero-order valence-electron chi connectivity index (χ0n) is 25.8. The lowest BCUT2D eigenvalue weighted by molar-refractivity contribution is -0.125. The molecule has 3 rings (SSSR count). The lowest BCUT2D eigenvalue weighted by atomic mass is 9.89. The van der Waals surface area contributed by atoms with Gasteiger partial charge >= 0.3 is 0 Å². The highest BCUT2D eigenvalue weighted by molar-refractivity contribution is 5.99. The maximum absolute atomic E-state index is 14.0. The maximum Gasteiger partial charge on any atom is 0.253 e. The SMILES string of the molecule is CCCN(CCC)C(=O)c1cccc(C(=O)N[C@@H](Cc2ccc(F)c(F)c2)[C@@H](N)C[C@@H](C)C(=O)NCC2CCCCC2)c1. The molecule has 3 amide bonds. The minimum Gasteiger partial charge on any atom is -0.356 e. The highest BCUT2D eigenvalue weighted by atomic mass is 19.2. The molecule has 1 aliphatic carbocycles. The average molecular weight is 599 g/mol. The van der Waals surface area contributed by atoms with Crippen LogP contribution in [0.5, 0.6) is 0 Å². The van der Waals surface area contributed by atoms with Gasteiger partial charge in [0.05, 0.1) is 0 Å². The number of nitrogens with one attached hydrogen (secondary N) is 2. The van der Waals surface area contributed by atoms with E-state index in [0.717, 1.165) is 37.8 Å². The smallest absolute Gasteiger partial charge is 0.253 e. The minimum absolute atomic E-state index is 0.0890. The number of hydrogen-bond donors (Lipinski definition) is 3. The van der Waals surface area contributed by atoms with Crippen molar-refractivity contribution in [2.75, 3.05) is 19.6 Å². The van der Waals surface area contributed by atoms with Gasteiger partial charge in [-0.05, 0) is 80.3 Å². The van der Waals surface area contributed by atoms with Gasteiger partial charge in [0, 0.05) is 48.8 Å². The summed E-state index contributed by atoms with van der Waals surface area (Å²) in [7, 11) is 0. The first-order valence-electron chi connectivity index (χ1n) is 15.8. The standard InChI is InChI=1S/C34H48F2N4O3/c1-4-16-40(17-5-2)34(43)27-13-9-12-26(21-27)33(42)39-31(20-25-14-15-28(35)29(36)19-25)30(37)18-23(3)32(41)38-22-24-10-7-6-8-11-24/h9,12-15,19,21,23-24,30-31H,4-8,10-11,16-18,20,22,37H2,1-3H3,(H,38,41)(H,39,42)/t23-,30+,31+/m1/s1. The molecule has 7 nitrogen and oxygen atoms in total. The van der Waals surface area contributed by atoms with Crippen LogP contribution < -0.4 is 16.4 Å². The molecular weight excluding hydrogens is 550 g/mol. The second kappa shape index (κ2) is 17.1. The van der Waals surface area contributed by atoms with E-state index in [-0.39, 0.29) is 24.7 Å². The fourth-order valence-corrected chi connectivity index (χ4v) is 5.80. The van der Waals surface area contributed by atoms with Crippen molar-refractivity contribution in [1.29, 1.82) is 0 Å². The van der Waals surface area contributed by atoms with E-state index in [9.17, 15) is 23.2 Å². The van der Waals surface area contributed by atoms with Crippen molar-refractivity contribution < 1.29 is 23.2 Å². The molecule has 0 radical (unpaired) electrons. The Hall–Kier alpha value is -3.33. The molecule has 43 heavy (non-hydrogen) atoms. The second-order valence-corrected chi connectivity index (χ2v) is 12.0. The molecule has 1 aliphatic rings. The van der Waals surface area contributed by atoms with Crippen LogP contribution in [0.1, 0.15) is 98.4 Å². The molecule has 2 aromatic carbocycles. The molecule has 2 aromatic rings. The zero-order valence-corrected chi connectivity index (χ0v) is 25.8. The number of rotatable bonds is 15. The number of carbonyl (C=O) groups excluding carboxylic acids is 3. The minimum atomic E-state index is -0.985. The third-order valence-electron chi connectivity index (χ3n) is 8.28. The average Bonchev–Trinajstić information content (AvgIpc) is 3.01. The fourth-order valence-electron chi connectivity index (χ4n) is 5.80. The van der Waals surface area contributed by atoms with Gasteiger partial charge < -0.3 is 21.3 Å². The molecule has 0 unspecified atom stereocenters. The molecule has 1 fully saturated rings. The first-order chi connectivity index (χ1) is 20.6. The van der Waals surface area contributed by atoms with Crippen LogP contribution in [0.15, 0.2) is 42.5 Å². The molecule has 0 aromatic heterocycles. The Kier molecular flexibility index (Phi) is 13.6. The zero-order chi connectivity index (χ0) is 31.4. The molecule has 236 valence electrons. The van der Waals surface area contributed by atoms with Gasteiger partial charge in [-0.2, -0.15) is 0 Å². The van der Waals surface area contributed by atoms with Crippen molar-refractivity contribution >= 4 is 17.7 Å². The third kappa shape index (κ3) is 10.4. The molecule has 1 saturated carbocycles. The van der Waals surface area contributed by atoms with Crippen LogP contribution in [0.2, 0.25) is 0 Å². The van der Waals surface area contributed by atoms with E-state index in [1.165, 1.54) is 25.3 Å². The lowest BCUT2D eigenvalue weighted by Crippen LogP contribution is -2.50. The van der Waals surface area contributed by atoms with Gasteiger partial charge in [0.15, 0.2) is 11.6 Å². The summed E-state index contributed by atoms with van der Waals surface area (Å²) < 4.78 is 27.6. The van der Waals surface area contributed by atoms with E-state index >= 15 is 0 Å².